The minimum atomic E-state index is -0.0179. The van der Waals surface area contributed by atoms with Crippen molar-refractivity contribution in [1.82, 2.24) is 0 Å². The Morgan fingerprint density at radius 3 is 2.73 bits per heavy atom. The number of benzene rings is 1. The van der Waals surface area contributed by atoms with Gasteiger partial charge in [0.25, 0.3) is 0 Å². The minimum absolute atomic E-state index is 0.0179. The van der Waals surface area contributed by atoms with Crippen molar-refractivity contribution in [3.63, 3.8) is 0 Å². The number of allylic oxidation sites excluding steroid dienone is 2. The van der Waals surface area contributed by atoms with E-state index in [4.69, 9.17) is 0 Å². The van der Waals surface area contributed by atoms with E-state index < -0.39 is 0 Å². The highest BCUT2D eigenvalue weighted by atomic mass is 19.1. The van der Waals surface area contributed by atoms with Gasteiger partial charge >= 0.3 is 0 Å². The molecular formula is C13H13FO. The third kappa shape index (κ3) is 1.99. The molecule has 1 aromatic carbocycles. The second kappa shape index (κ2) is 3.97. The van der Waals surface area contributed by atoms with Gasteiger partial charge in [0.15, 0.2) is 5.78 Å². The van der Waals surface area contributed by atoms with Gasteiger partial charge in [0.05, 0.1) is 0 Å². The molecule has 0 spiro atoms. The van der Waals surface area contributed by atoms with Crippen LogP contribution < -0.4 is 0 Å². The Morgan fingerprint density at radius 2 is 2.13 bits per heavy atom. The van der Waals surface area contributed by atoms with E-state index in [2.05, 4.69) is 0 Å². The number of carbonyl (C=O) groups is 1. The molecular weight excluding hydrogens is 191 g/mol. The molecule has 78 valence electrons. The topological polar surface area (TPSA) is 17.1 Å². The second-order valence-electron chi connectivity index (χ2n) is 3.87. The van der Waals surface area contributed by atoms with Crippen LogP contribution in [0.4, 0.5) is 4.39 Å². The van der Waals surface area contributed by atoms with E-state index in [-0.39, 0.29) is 11.6 Å². The largest absolute Gasteiger partial charge is 0.295 e. The maximum Gasteiger partial charge on any atom is 0.159 e. The Labute approximate surface area is 88.6 Å². The summed E-state index contributed by atoms with van der Waals surface area (Å²) >= 11 is 0. The van der Waals surface area contributed by atoms with Crippen LogP contribution in [0.25, 0.3) is 5.57 Å². The molecule has 0 unspecified atom stereocenters. The molecule has 15 heavy (non-hydrogen) atoms. The quantitative estimate of drug-likeness (QED) is 0.670. The number of halogens is 1. The van der Waals surface area contributed by atoms with Crippen LogP contribution in [0.2, 0.25) is 0 Å². The summed E-state index contributed by atoms with van der Waals surface area (Å²) in [5.74, 6) is 0.00607. The van der Waals surface area contributed by atoms with Gasteiger partial charge in [-0.3, -0.25) is 4.79 Å². The average Bonchev–Trinajstić information content (AvgIpc) is 2.64. The van der Waals surface area contributed by atoms with Gasteiger partial charge < -0.3 is 0 Å². The van der Waals surface area contributed by atoms with Crippen molar-refractivity contribution in [3.05, 3.63) is 41.2 Å². The molecule has 2 heteroatoms. The third-order valence-electron chi connectivity index (χ3n) is 2.77. The Hall–Kier alpha value is -1.44. The Morgan fingerprint density at radius 1 is 1.33 bits per heavy atom. The summed E-state index contributed by atoms with van der Waals surface area (Å²) in [7, 11) is 0. The zero-order valence-corrected chi connectivity index (χ0v) is 8.72. The fourth-order valence-corrected chi connectivity index (χ4v) is 1.93. The molecule has 0 amide bonds. The normalized spacial score (nSPS) is 15.9. The van der Waals surface area contributed by atoms with Crippen LogP contribution in [0.1, 0.15) is 42.1 Å². The summed E-state index contributed by atoms with van der Waals surface area (Å²) in [6, 6.07) is 7.22. The highest BCUT2D eigenvalue weighted by Gasteiger charge is 2.16. The van der Waals surface area contributed by atoms with E-state index in [0.717, 1.165) is 24.0 Å². The molecule has 1 aliphatic carbocycles. The number of hydrogen-bond donors (Lipinski definition) is 0. The number of carbonyl (C=O) groups excluding carboxylic acids is 1. The van der Waals surface area contributed by atoms with Gasteiger partial charge in [-0.15, -0.1) is 0 Å². The van der Waals surface area contributed by atoms with Crippen LogP contribution in [0.5, 0.6) is 0 Å². The molecule has 0 fully saturated rings. The summed E-state index contributed by atoms with van der Waals surface area (Å²) in [4.78, 5) is 11.2. The molecule has 1 aromatic rings. The number of hydrogen-bond acceptors (Lipinski definition) is 1. The van der Waals surface area contributed by atoms with Gasteiger partial charge in [-0.25, -0.2) is 4.39 Å². The Balaban J connectivity index is 2.41. The van der Waals surface area contributed by atoms with Crippen molar-refractivity contribution in [2.75, 3.05) is 0 Å². The van der Waals surface area contributed by atoms with Gasteiger partial charge in [-0.05, 0) is 43.4 Å². The fourth-order valence-electron chi connectivity index (χ4n) is 1.93. The molecule has 0 aromatic heterocycles. The molecule has 0 bridgehead atoms. The fraction of sp³-hybridized carbons (Fsp3) is 0.308. The van der Waals surface area contributed by atoms with Gasteiger partial charge in [-0.1, -0.05) is 18.2 Å². The molecule has 0 radical (unpaired) electrons. The van der Waals surface area contributed by atoms with E-state index in [1.165, 1.54) is 6.92 Å². The Bertz CT molecular complexity index is 432. The monoisotopic (exact) mass is 204 g/mol. The smallest absolute Gasteiger partial charge is 0.159 e. The first-order valence-electron chi connectivity index (χ1n) is 5.17. The predicted octanol–water partition coefficient (Wildman–Crippen LogP) is 3.75. The lowest BCUT2D eigenvalue weighted by Crippen LogP contribution is -1.93. The third-order valence-corrected chi connectivity index (χ3v) is 2.77. The van der Waals surface area contributed by atoms with Crippen molar-refractivity contribution < 1.29 is 9.18 Å². The van der Waals surface area contributed by atoms with Crippen LogP contribution in [0.3, 0.4) is 0 Å². The van der Waals surface area contributed by atoms with Crippen molar-refractivity contribution >= 4 is 11.4 Å². The molecule has 0 N–H and O–H groups in total. The molecule has 0 atom stereocenters. The minimum Gasteiger partial charge on any atom is -0.295 e. The van der Waals surface area contributed by atoms with Crippen molar-refractivity contribution in [2.24, 2.45) is 0 Å². The molecule has 0 aliphatic heterocycles. The summed E-state index contributed by atoms with van der Waals surface area (Å²) in [6.07, 6.45) is 2.21. The lowest BCUT2D eigenvalue weighted by atomic mass is 10.0. The van der Waals surface area contributed by atoms with E-state index in [1.54, 1.807) is 12.1 Å². The number of rotatable bonds is 2. The first-order valence-corrected chi connectivity index (χ1v) is 5.17. The first-order chi connectivity index (χ1) is 7.18. The van der Waals surface area contributed by atoms with Crippen molar-refractivity contribution in [2.45, 2.75) is 26.2 Å². The van der Waals surface area contributed by atoms with Gasteiger partial charge in [0, 0.05) is 5.56 Å². The number of ketones is 1. The van der Waals surface area contributed by atoms with E-state index in [9.17, 15) is 9.18 Å². The molecule has 0 saturated carbocycles. The summed E-state index contributed by atoms with van der Waals surface area (Å²) in [5, 5.41) is 0. The zero-order chi connectivity index (χ0) is 10.8. The molecule has 2 rings (SSSR count). The van der Waals surface area contributed by atoms with Crippen LogP contribution in [-0.2, 0) is 0 Å². The van der Waals surface area contributed by atoms with Crippen LogP contribution >= 0.6 is 0 Å². The summed E-state index contributed by atoms with van der Waals surface area (Å²) < 4.78 is 13.4. The maximum absolute atomic E-state index is 13.4. The highest BCUT2D eigenvalue weighted by molar-refractivity contribution is 5.95. The Kier molecular flexibility index (Phi) is 2.67. The number of Topliss-reactive ketones (excluding diaryl/α,β-unsaturated/α-hetero) is 1. The van der Waals surface area contributed by atoms with Crippen molar-refractivity contribution in [3.8, 4) is 0 Å². The van der Waals surface area contributed by atoms with Crippen LogP contribution in [0, 0.1) is 0 Å². The standard InChI is InChI=1S/C13H13FO/c1-9(15)10-4-2-5-11(8-10)12-6-3-7-13(12)14/h2,4-5,8H,3,6-7H2,1H3. The molecule has 0 saturated heterocycles. The maximum atomic E-state index is 13.4. The van der Waals surface area contributed by atoms with Gasteiger partial charge in [0.1, 0.15) is 5.83 Å². The van der Waals surface area contributed by atoms with Crippen molar-refractivity contribution in [1.29, 1.82) is 0 Å². The summed E-state index contributed by atoms with van der Waals surface area (Å²) in [5.41, 5.74) is 2.29. The summed E-state index contributed by atoms with van der Waals surface area (Å²) in [6.45, 7) is 1.53. The van der Waals surface area contributed by atoms with Gasteiger partial charge in [0.2, 0.25) is 0 Å². The molecule has 1 nitrogen and oxygen atoms in total. The molecule has 1 aliphatic rings. The second-order valence-corrected chi connectivity index (χ2v) is 3.87. The molecule has 0 heterocycles. The first kappa shape index (κ1) is 10.1. The predicted molar refractivity (Wildman–Crippen MR) is 58.3 cm³/mol. The lowest BCUT2D eigenvalue weighted by Gasteiger charge is -2.04. The average molecular weight is 204 g/mol. The highest BCUT2D eigenvalue weighted by Crippen LogP contribution is 2.34. The zero-order valence-electron chi connectivity index (χ0n) is 8.72. The lowest BCUT2D eigenvalue weighted by molar-refractivity contribution is 0.101. The van der Waals surface area contributed by atoms with E-state index in [1.807, 2.05) is 12.1 Å². The SMILES string of the molecule is CC(=O)c1cccc(C2=C(F)CCC2)c1. The van der Waals surface area contributed by atoms with E-state index in [0.29, 0.717) is 12.0 Å². The van der Waals surface area contributed by atoms with Crippen LogP contribution in [0.15, 0.2) is 30.1 Å². The van der Waals surface area contributed by atoms with E-state index >= 15 is 0 Å². The van der Waals surface area contributed by atoms with Gasteiger partial charge in [-0.2, -0.15) is 0 Å². The van der Waals surface area contributed by atoms with Crippen LogP contribution in [-0.4, -0.2) is 5.78 Å².